The van der Waals surface area contributed by atoms with Crippen LogP contribution < -0.4 is 0 Å². The third-order valence-corrected chi connectivity index (χ3v) is 4.09. The summed E-state index contributed by atoms with van der Waals surface area (Å²) >= 11 is 1.55. The van der Waals surface area contributed by atoms with E-state index in [4.69, 9.17) is 0 Å². The number of carbonyl (C=O) groups is 1. The second kappa shape index (κ2) is 5.47. The number of fused-ring (bicyclic) bond motifs is 1. The lowest BCUT2D eigenvalue weighted by Crippen LogP contribution is -2.25. The van der Waals surface area contributed by atoms with Crippen LogP contribution in [0.3, 0.4) is 0 Å². The normalized spacial score (nSPS) is 10.7. The van der Waals surface area contributed by atoms with Gasteiger partial charge in [-0.15, -0.1) is 0 Å². The van der Waals surface area contributed by atoms with Gasteiger partial charge in [0.2, 0.25) is 0 Å². The van der Waals surface area contributed by atoms with E-state index in [2.05, 4.69) is 24.3 Å². The molecule has 0 radical (unpaired) electrons. The highest BCUT2D eigenvalue weighted by Crippen LogP contribution is 2.20. The highest BCUT2D eigenvalue weighted by Gasteiger charge is 2.13. The van der Waals surface area contributed by atoms with Gasteiger partial charge >= 0.3 is 0 Å². The minimum atomic E-state index is 0.0687. The molecule has 0 spiro atoms. The van der Waals surface area contributed by atoms with Crippen LogP contribution in [0.1, 0.15) is 15.9 Å². The molecule has 2 aromatic carbocycles. The van der Waals surface area contributed by atoms with E-state index in [1.807, 2.05) is 42.1 Å². The van der Waals surface area contributed by atoms with Gasteiger partial charge in [0.25, 0.3) is 5.91 Å². The van der Waals surface area contributed by atoms with Crippen LogP contribution >= 0.6 is 11.3 Å². The Bertz CT molecular complexity index is 728. The molecule has 0 aliphatic carbocycles. The maximum absolute atomic E-state index is 12.3. The lowest BCUT2D eigenvalue weighted by molar-refractivity contribution is 0.0786. The molecule has 1 amide bonds. The Morgan fingerprint density at radius 1 is 1.10 bits per heavy atom. The second-order valence-corrected chi connectivity index (χ2v) is 5.59. The summed E-state index contributed by atoms with van der Waals surface area (Å²) in [7, 11) is 1.85. The number of hydrogen-bond donors (Lipinski definition) is 0. The van der Waals surface area contributed by atoms with Crippen LogP contribution in [0.5, 0.6) is 0 Å². The summed E-state index contributed by atoms with van der Waals surface area (Å²) in [5, 5.41) is 6.24. The molecule has 20 heavy (non-hydrogen) atoms. The quantitative estimate of drug-likeness (QED) is 0.705. The number of rotatable bonds is 3. The van der Waals surface area contributed by atoms with Gasteiger partial charge in [-0.2, -0.15) is 11.3 Å². The van der Waals surface area contributed by atoms with Crippen LogP contribution in [-0.2, 0) is 6.54 Å². The van der Waals surface area contributed by atoms with Gasteiger partial charge < -0.3 is 4.90 Å². The van der Waals surface area contributed by atoms with Crippen LogP contribution in [0.4, 0.5) is 0 Å². The molecule has 1 heterocycles. The molecule has 0 unspecified atom stereocenters. The predicted molar refractivity (Wildman–Crippen MR) is 84.1 cm³/mol. The molecule has 0 N–H and O–H groups in total. The summed E-state index contributed by atoms with van der Waals surface area (Å²) in [6, 6.07) is 16.4. The fourth-order valence-corrected chi connectivity index (χ4v) is 2.99. The van der Waals surface area contributed by atoms with Crippen LogP contribution in [-0.4, -0.2) is 17.9 Å². The maximum atomic E-state index is 12.3. The van der Waals surface area contributed by atoms with Gasteiger partial charge in [0.15, 0.2) is 0 Å². The summed E-state index contributed by atoms with van der Waals surface area (Å²) in [6.07, 6.45) is 0. The van der Waals surface area contributed by atoms with E-state index in [1.165, 1.54) is 16.3 Å². The lowest BCUT2D eigenvalue weighted by Gasteiger charge is -2.18. The summed E-state index contributed by atoms with van der Waals surface area (Å²) in [5.74, 6) is 0.0687. The molecular weight excluding hydrogens is 266 g/mol. The second-order valence-electron chi connectivity index (χ2n) is 4.81. The molecule has 0 bridgehead atoms. The minimum Gasteiger partial charge on any atom is -0.337 e. The summed E-state index contributed by atoms with van der Waals surface area (Å²) < 4.78 is 0. The van der Waals surface area contributed by atoms with Gasteiger partial charge in [-0.1, -0.05) is 42.5 Å². The largest absolute Gasteiger partial charge is 0.337 e. The zero-order valence-corrected chi connectivity index (χ0v) is 12.1. The van der Waals surface area contributed by atoms with E-state index in [0.29, 0.717) is 6.54 Å². The first-order valence-electron chi connectivity index (χ1n) is 6.50. The van der Waals surface area contributed by atoms with Gasteiger partial charge in [0, 0.05) is 19.0 Å². The van der Waals surface area contributed by atoms with E-state index < -0.39 is 0 Å². The number of carbonyl (C=O) groups excluding carboxylic acids is 1. The molecule has 0 saturated heterocycles. The third-order valence-electron chi connectivity index (χ3n) is 3.40. The first-order chi connectivity index (χ1) is 9.75. The standard InChI is InChI=1S/C17H15NOS/c1-18(17(19)15-9-10-20-12-15)11-14-7-4-6-13-5-2-3-8-16(13)14/h2-10,12H,11H2,1H3. The molecule has 3 aromatic rings. The molecule has 1 aromatic heterocycles. The highest BCUT2D eigenvalue weighted by molar-refractivity contribution is 7.08. The average molecular weight is 281 g/mol. The first kappa shape index (κ1) is 12.9. The van der Waals surface area contributed by atoms with Gasteiger partial charge in [-0.3, -0.25) is 4.79 Å². The van der Waals surface area contributed by atoms with Gasteiger partial charge in [-0.05, 0) is 27.8 Å². The Morgan fingerprint density at radius 2 is 1.90 bits per heavy atom. The number of thiophene rings is 1. The zero-order valence-electron chi connectivity index (χ0n) is 11.2. The SMILES string of the molecule is CN(Cc1cccc2ccccc12)C(=O)c1ccsc1. The fourth-order valence-electron chi connectivity index (χ4n) is 2.36. The summed E-state index contributed by atoms with van der Waals surface area (Å²) in [6.45, 7) is 0.621. The lowest BCUT2D eigenvalue weighted by atomic mass is 10.0. The molecule has 100 valence electrons. The monoisotopic (exact) mass is 281 g/mol. The van der Waals surface area contributed by atoms with Crippen LogP contribution in [0, 0.1) is 0 Å². The third kappa shape index (κ3) is 2.45. The van der Waals surface area contributed by atoms with E-state index in [0.717, 1.165) is 5.56 Å². The van der Waals surface area contributed by atoms with Crippen molar-refractivity contribution in [2.45, 2.75) is 6.54 Å². The van der Waals surface area contributed by atoms with Crippen molar-refractivity contribution < 1.29 is 4.79 Å². The Labute approximate surface area is 122 Å². The summed E-state index contributed by atoms with van der Waals surface area (Å²) in [5.41, 5.74) is 1.94. The van der Waals surface area contributed by atoms with Crippen molar-refractivity contribution >= 4 is 28.0 Å². The topological polar surface area (TPSA) is 20.3 Å². The molecule has 2 nitrogen and oxygen atoms in total. The number of nitrogens with zero attached hydrogens (tertiary/aromatic N) is 1. The average Bonchev–Trinajstić information content (AvgIpc) is 3.01. The predicted octanol–water partition coefficient (Wildman–Crippen LogP) is 4.17. The molecule has 0 aliphatic rings. The first-order valence-corrected chi connectivity index (χ1v) is 7.44. The van der Waals surface area contributed by atoms with Crippen LogP contribution in [0.2, 0.25) is 0 Å². The molecule has 0 aliphatic heterocycles. The smallest absolute Gasteiger partial charge is 0.254 e. The fraction of sp³-hybridized carbons (Fsp3) is 0.118. The number of amides is 1. The van der Waals surface area contributed by atoms with Crippen molar-refractivity contribution in [1.82, 2.24) is 4.90 Å². The number of hydrogen-bond acceptors (Lipinski definition) is 2. The molecule has 3 heteroatoms. The van der Waals surface area contributed by atoms with Gasteiger partial charge in [0.1, 0.15) is 0 Å². The van der Waals surface area contributed by atoms with Crippen molar-refractivity contribution in [3.05, 3.63) is 70.4 Å². The number of benzene rings is 2. The van der Waals surface area contributed by atoms with Gasteiger partial charge in [-0.25, -0.2) is 0 Å². The Balaban J connectivity index is 1.88. The molecule has 0 saturated carbocycles. The van der Waals surface area contributed by atoms with E-state index in [9.17, 15) is 4.79 Å². The van der Waals surface area contributed by atoms with Crippen LogP contribution in [0.15, 0.2) is 59.3 Å². The highest BCUT2D eigenvalue weighted by atomic mass is 32.1. The maximum Gasteiger partial charge on any atom is 0.254 e. The zero-order chi connectivity index (χ0) is 13.9. The van der Waals surface area contributed by atoms with Crippen molar-refractivity contribution in [3.8, 4) is 0 Å². The molecular formula is C17H15NOS. The van der Waals surface area contributed by atoms with Crippen molar-refractivity contribution in [2.75, 3.05) is 7.05 Å². The van der Waals surface area contributed by atoms with E-state index >= 15 is 0 Å². The van der Waals surface area contributed by atoms with Crippen LogP contribution in [0.25, 0.3) is 10.8 Å². The van der Waals surface area contributed by atoms with E-state index in [-0.39, 0.29) is 5.91 Å². The van der Waals surface area contributed by atoms with Crippen molar-refractivity contribution in [2.24, 2.45) is 0 Å². The minimum absolute atomic E-state index is 0.0687. The molecule has 0 atom stereocenters. The Kier molecular flexibility index (Phi) is 3.52. The molecule has 3 rings (SSSR count). The van der Waals surface area contributed by atoms with Crippen molar-refractivity contribution in [1.29, 1.82) is 0 Å². The Morgan fingerprint density at radius 3 is 2.70 bits per heavy atom. The summed E-state index contributed by atoms with van der Waals surface area (Å²) in [4.78, 5) is 14.0. The molecule has 0 fully saturated rings. The Hall–Kier alpha value is -2.13. The van der Waals surface area contributed by atoms with Crippen molar-refractivity contribution in [3.63, 3.8) is 0 Å². The van der Waals surface area contributed by atoms with Gasteiger partial charge in [0.05, 0.1) is 5.56 Å². The van der Waals surface area contributed by atoms with E-state index in [1.54, 1.807) is 16.2 Å².